The Labute approximate surface area is 209 Å². The topological polar surface area (TPSA) is 87.6 Å². The number of nitrogens with zero attached hydrogens (tertiary/aromatic N) is 4. The molecule has 1 aliphatic carbocycles. The van der Waals surface area contributed by atoms with Gasteiger partial charge in [-0.05, 0) is 42.5 Å². The predicted molar refractivity (Wildman–Crippen MR) is 140 cm³/mol. The van der Waals surface area contributed by atoms with Crippen LogP contribution in [0.3, 0.4) is 0 Å². The fraction of sp³-hybridized carbons (Fsp3) is 0.207. The minimum absolute atomic E-state index is 0.197. The molecule has 7 nitrogen and oxygen atoms in total. The van der Waals surface area contributed by atoms with E-state index in [9.17, 15) is 0 Å². The van der Waals surface area contributed by atoms with Crippen molar-refractivity contribution in [3.63, 3.8) is 0 Å². The van der Waals surface area contributed by atoms with E-state index in [1.165, 1.54) is 12.0 Å². The molecule has 1 aliphatic rings. The lowest BCUT2D eigenvalue weighted by atomic mass is 9.72. The summed E-state index contributed by atoms with van der Waals surface area (Å²) in [5.41, 5.74) is 12.2. The average Bonchev–Trinajstić information content (AvgIpc) is 3.34. The van der Waals surface area contributed by atoms with Crippen molar-refractivity contribution in [2.75, 3.05) is 14.2 Å². The van der Waals surface area contributed by atoms with E-state index in [0.717, 1.165) is 40.8 Å². The van der Waals surface area contributed by atoms with Gasteiger partial charge >= 0.3 is 0 Å². The Morgan fingerprint density at radius 2 is 1.61 bits per heavy atom. The number of rotatable bonds is 6. The van der Waals surface area contributed by atoms with Gasteiger partial charge in [0.1, 0.15) is 11.5 Å². The first kappa shape index (κ1) is 22.2. The van der Waals surface area contributed by atoms with Gasteiger partial charge in [0.15, 0.2) is 5.82 Å². The van der Waals surface area contributed by atoms with E-state index in [-0.39, 0.29) is 5.54 Å². The summed E-state index contributed by atoms with van der Waals surface area (Å²) >= 11 is 0. The van der Waals surface area contributed by atoms with Crippen molar-refractivity contribution in [1.82, 2.24) is 19.6 Å². The Kier molecular flexibility index (Phi) is 5.42. The molecular formula is C29H27N5O2. The molecule has 0 atom stereocenters. The zero-order chi connectivity index (χ0) is 24.7. The van der Waals surface area contributed by atoms with Crippen LogP contribution in [0.4, 0.5) is 0 Å². The van der Waals surface area contributed by atoms with Crippen molar-refractivity contribution < 1.29 is 9.47 Å². The van der Waals surface area contributed by atoms with Crippen LogP contribution >= 0.6 is 0 Å². The zero-order valence-corrected chi connectivity index (χ0v) is 20.3. The van der Waals surface area contributed by atoms with Crippen LogP contribution in [-0.2, 0) is 5.54 Å². The maximum Gasteiger partial charge on any atom is 0.253 e. The van der Waals surface area contributed by atoms with Gasteiger partial charge in [0.2, 0.25) is 0 Å². The second-order valence-corrected chi connectivity index (χ2v) is 9.20. The van der Waals surface area contributed by atoms with Crippen LogP contribution in [0.2, 0.25) is 0 Å². The molecule has 1 saturated carbocycles. The molecular weight excluding hydrogens is 450 g/mol. The molecule has 2 N–H and O–H groups in total. The maximum absolute atomic E-state index is 6.55. The zero-order valence-electron chi connectivity index (χ0n) is 20.3. The van der Waals surface area contributed by atoms with Crippen molar-refractivity contribution >= 4 is 5.78 Å². The molecule has 0 saturated heterocycles. The van der Waals surface area contributed by atoms with Crippen LogP contribution in [-0.4, -0.2) is 33.8 Å². The summed E-state index contributed by atoms with van der Waals surface area (Å²) in [6.07, 6.45) is 5.24. The van der Waals surface area contributed by atoms with Crippen molar-refractivity contribution in [3.05, 3.63) is 84.6 Å². The Balaban J connectivity index is 1.49. The Morgan fingerprint density at radius 1 is 0.833 bits per heavy atom. The highest BCUT2D eigenvalue weighted by molar-refractivity contribution is 5.81. The molecule has 0 amide bonds. The van der Waals surface area contributed by atoms with E-state index in [1.807, 2.05) is 42.6 Å². The summed E-state index contributed by atoms with van der Waals surface area (Å²) < 4.78 is 12.6. The Bertz CT molecular complexity index is 1540. The van der Waals surface area contributed by atoms with Gasteiger partial charge in [-0.15, -0.1) is 5.10 Å². The monoisotopic (exact) mass is 477 g/mol. The highest BCUT2D eigenvalue weighted by Crippen LogP contribution is 2.40. The molecule has 0 unspecified atom stereocenters. The first-order chi connectivity index (χ1) is 17.6. The maximum atomic E-state index is 6.55. The summed E-state index contributed by atoms with van der Waals surface area (Å²) in [7, 11) is 3.25. The summed E-state index contributed by atoms with van der Waals surface area (Å²) in [5, 5.41) is 4.74. The molecule has 0 aliphatic heterocycles. The number of ether oxygens (including phenoxy) is 2. The molecule has 0 bridgehead atoms. The summed E-state index contributed by atoms with van der Waals surface area (Å²) in [4.78, 5) is 9.72. The Morgan fingerprint density at radius 3 is 2.28 bits per heavy atom. The lowest BCUT2D eigenvalue weighted by Crippen LogP contribution is -2.43. The van der Waals surface area contributed by atoms with Crippen LogP contribution in [0.15, 0.2) is 79.0 Å². The number of hydrogen-bond acceptors (Lipinski definition) is 6. The molecule has 0 spiro atoms. The fourth-order valence-electron chi connectivity index (χ4n) is 4.77. The first-order valence-corrected chi connectivity index (χ1v) is 12.0. The standard InChI is InChI=1S/C29H27N5O2/c1-35-22-13-14-23(25(17-22)36-2)27-32-28-31-26(20-9-11-21(12-10-20)29(30)15-6-16-29)24(18-34(28)33-27)19-7-4-3-5-8-19/h3-5,7-14,17-18H,6,15-16,30H2,1-2H3. The number of hydrogen-bond donors (Lipinski definition) is 1. The minimum atomic E-state index is -0.197. The fourth-order valence-corrected chi connectivity index (χ4v) is 4.77. The molecule has 7 heteroatoms. The van der Waals surface area contributed by atoms with Crippen molar-refractivity contribution in [1.29, 1.82) is 0 Å². The third kappa shape index (κ3) is 3.78. The van der Waals surface area contributed by atoms with E-state index >= 15 is 0 Å². The molecule has 0 radical (unpaired) electrons. The van der Waals surface area contributed by atoms with Crippen molar-refractivity contribution in [2.45, 2.75) is 24.8 Å². The Hall–Kier alpha value is -4.23. The smallest absolute Gasteiger partial charge is 0.253 e. The van der Waals surface area contributed by atoms with E-state index in [0.29, 0.717) is 23.1 Å². The second-order valence-electron chi connectivity index (χ2n) is 9.20. The predicted octanol–water partition coefficient (Wildman–Crippen LogP) is 5.48. The third-order valence-electron chi connectivity index (χ3n) is 7.05. The van der Waals surface area contributed by atoms with Crippen molar-refractivity contribution in [3.8, 4) is 45.3 Å². The van der Waals surface area contributed by atoms with Crippen molar-refractivity contribution in [2.24, 2.45) is 5.73 Å². The molecule has 1 fully saturated rings. The largest absolute Gasteiger partial charge is 0.497 e. The molecule has 2 aromatic heterocycles. The van der Waals surface area contributed by atoms with E-state index in [4.69, 9.17) is 30.3 Å². The minimum Gasteiger partial charge on any atom is -0.497 e. The molecule has 6 rings (SSSR count). The normalized spacial score (nSPS) is 14.4. The molecule has 180 valence electrons. The molecule has 2 heterocycles. The lowest BCUT2D eigenvalue weighted by molar-refractivity contribution is 0.253. The van der Waals surface area contributed by atoms with Crippen LogP contribution in [0, 0.1) is 0 Å². The average molecular weight is 478 g/mol. The second kappa shape index (κ2) is 8.77. The summed E-state index contributed by atoms with van der Waals surface area (Å²) in [6, 6.07) is 24.3. The van der Waals surface area contributed by atoms with Crippen LogP contribution < -0.4 is 15.2 Å². The molecule has 3 aromatic carbocycles. The van der Waals surface area contributed by atoms with Crippen LogP contribution in [0.25, 0.3) is 39.5 Å². The molecule has 36 heavy (non-hydrogen) atoms. The third-order valence-corrected chi connectivity index (χ3v) is 7.05. The van der Waals surface area contributed by atoms with Gasteiger partial charge in [-0.3, -0.25) is 0 Å². The summed E-state index contributed by atoms with van der Waals surface area (Å²) in [5.74, 6) is 2.38. The first-order valence-electron chi connectivity index (χ1n) is 12.0. The summed E-state index contributed by atoms with van der Waals surface area (Å²) in [6.45, 7) is 0. The van der Waals surface area contributed by atoms with Crippen LogP contribution in [0.5, 0.6) is 11.5 Å². The van der Waals surface area contributed by atoms with Gasteiger partial charge in [0.25, 0.3) is 5.78 Å². The SMILES string of the molecule is COc1ccc(-c2nc3nc(-c4ccc(C5(N)CCC5)cc4)c(-c4ccccc4)cn3n2)c(OC)c1. The quantitative estimate of drug-likeness (QED) is 0.348. The number of nitrogens with two attached hydrogens (primary N) is 1. The highest BCUT2D eigenvalue weighted by atomic mass is 16.5. The van der Waals surface area contributed by atoms with Gasteiger partial charge < -0.3 is 15.2 Å². The van der Waals surface area contributed by atoms with Gasteiger partial charge in [0.05, 0.1) is 25.5 Å². The number of fused-ring (bicyclic) bond motifs is 1. The van der Waals surface area contributed by atoms with E-state index < -0.39 is 0 Å². The highest BCUT2D eigenvalue weighted by Gasteiger charge is 2.34. The number of aromatic nitrogens is 4. The number of methoxy groups -OCH3 is 2. The number of benzene rings is 3. The van der Waals surface area contributed by atoms with Gasteiger partial charge in [-0.25, -0.2) is 9.50 Å². The molecule has 5 aromatic rings. The van der Waals surface area contributed by atoms with Gasteiger partial charge in [-0.2, -0.15) is 4.98 Å². The van der Waals surface area contributed by atoms with E-state index in [2.05, 4.69) is 36.4 Å². The van der Waals surface area contributed by atoms with Crippen LogP contribution in [0.1, 0.15) is 24.8 Å². The van der Waals surface area contributed by atoms with Gasteiger partial charge in [0, 0.05) is 28.9 Å². The van der Waals surface area contributed by atoms with Gasteiger partial charge in [-0.1, -0.05) is 54.6 Å². The lowest BCUT2D eigenvalue weighted by Gasteiger charge is -2.38. The van der Waals surface area contributed by atoms with E-state index in [1.54, 1.807) is 18.7 Å².